The second-order valence-corrected chi connectivity index (χ2v) is 25.4. The van der Waals surface area contributed by atoms with Gasteiger partial charge in [-0.05, 0) is 131 Å². The molecule has 0 spiro atoms. The van der Waals surface area contributed by atoms with Crippen molar-refractivity contribution >= 4 is 45.1 Å². The topological polar surface area (TPSA) is 77.3 Å². The van der Waals surface area contributed by atoms with Crippen molar-refractivity contribution in [2.75, 3.05) is 0 Å². The Balaban J connectivity index is 0.000000143. The minimum absolute atomic E-state index is 0.647. The average Bonchev–Trinajstić information content (AvgIpc) is 0.768. The van der Waals surface area contributed by atoms with Gasteiger partial charge in [0.15, 0.2) is 34.9 Å². The number of nitrogens with zero attached hydrogens (tertiary/aromatic N) is 6. The molecule has 8 heteroatoms. The quantitative estimate of drug-likeness (QED) is 0.149. The lowest BCUT2D eigenvalue weighted by molar-refractivity contribution is 1.08. The number of hydrogen-bond acceptors (Lipinski definition) is 8. The predicted molar refractivity (Wildman–Crippen MR) is 388 cm³/mol. The van der Waals surface area contributed by atoms with Crippen LogP contribution in [0.15, 0.2) is 347 Å². The molecule has 2 aliphatic heterocycles. The molecular weight excluding hydrogens is 1180 g/mol. The number of aromatic nitrogens is 6. The first-order valence-corrected chi connectivity index (χ1v) is 33.0. The number of hydrogen-bond donors (Lipinski definition) is 0. The Morgan fingerprint density at radius 1 is 0.160 bits per heavy atom. The summed E-state index contributed by atoms with van der Waals surface area (Å²) < 4.78 is 0. The van der Waals surface area contributed by atoms with Gasteiger partial charge in [-0.1, -0.05) is 309 Å². The summed E-state index contributed by atoms with van der Waals surface area (Å²) in [7, 11) is 0. The summed E-state index contributed by atoms with van der Waals surface area (Å²) in [6, 6.07) is 115. The molecule has 0 amide bonds. The van der Waals surface area contributed by atoms with E-state index in [-0.39, 0.29) is 0 Å². The van der Waals surface area contributed by atoms with Gasteiger partial charge in [0.25, 0.3) is 0 Å². The Kier molecular flexibility index (Phi) is 14.7. The summed E-state index contributed by atoms with van der Waals surface area (Å²) in [5, 5.41) is 4.65. The van der Waals surface area contributed by atoms with Crippen molar-refractivity contribution in [1.29, 1.82) is 0 Å². The molecule has 94 heavy (non-hydrogen) atoms. The van der Waals surface area contributed by atoms with Gasteiger partial charge in [0.05, 0.1) is 0 Å². The van der Waals surface area contributed by atoms with Crippen molar-refractivity contribution in [3.05, 3.63) is 328 Å². The minimum Gasteiger partial charge on any atom is -0.208 e. The molecule has 0 bridgehead atoms. The van der Waals surface area contributed by atoms with Crippen LogP contribution in [0.4, 0.5) is 0 Å². The summed E-state index contributed by atoms with van der Waals surface area (Å²) in [6.45, 7) is 0. The number of rotatable bonds is 8. The largest absolute Gasteiger partial charge is 0.208 e. The number of benzene rings is 14. The highest BCUT2D eigenvalue weighted by molar-refractivity contribution is 8.00. The first-order chi connectivity index (χ1) is 46.6. The SMILES string of the molecule is c1ccc(-c2ccc(-c3nc(-c4ccccc4)nc(-c4ccc5c6c(cccc46)-c4ccccc4Sc4ccccc4-5)n3)cc2)cc1.c1ccc(-c2cccc(-c3nc(-c4ccccc4)nc(-c4ccc5c6c(cccc46)-c4ccccc4Sc4ccccc4-5)n3)c2)cc1. The van der Waals surface area contributed by atoms with Gasteiger partial charge in [0.2, 0.25) is 0 Å². The summed E-state index contributed by atoms with van der Waals surface area (Å²) in [4.78, 5) is 35.6. The van der Waals surface area contributed by atoms with E-state index in [4.69, 9.17) is 29.9 Å². The van der Waals surface area contributed by atoms with E-state index in [9.17, 15) is 0 Å². The van der Waals surface area contributed by atoms with E-state index < -0.39 is 0 Å². The van der Waals surface area contributed by atoms with E-state index in [1.165, 1.54) is 80.4 Å². The third-order valence-electron chi connectivity index (χ3n) is 17.5. The molecule has 0 saturated carbocycles. The van der Waals surface area contributed by atoms with Gasteiger partial charge >= 0.3 is 0 Å². The van der Waals surface area contributed by atoms with E-state index in [0.29, 0.717) is 34.9 Å². The van der Waals surface area contributed by atoms with Crippen LogP contribution in [-0.4, -0.2) is 29.9 Å². The fourth-order valence-electron chi connectivity index (χ4n) is 13.0. The Labute approximate surface area is 553 Å². The minimum atomic E-state index is 0.647. The molecule has 16 aromatic rings. The van der Waals surface area contributed by atoms with Gasteiger partial charge in [0.1, 0.15) is 0 Å². The van der Waals surface area contributed by atoms with E-state index in [1.54, 1.807) is 0 Å². The zero-order valence-electron chi connectivity index (χ0n) is 50.7. The molecule has 4 heterocycles. The van der Waals surface area contributed by atoms with Gasteiger partial charge in [-0.3, -0.25) is 0 Å². The van der Waals surface area contributed by atoms with Crippen LogP contribution in [0, 0.1) is 0 Å². The maximum atomic E-state index is 5.19. The molecule has 0 unspecified atom stereocenters. The Morgan fingerprint density at radius 2 is 0.415 bits per heavy atom. The van der Waals surface area contributed by atoms with Crippen molar-refractivity contribution in [3.8, 4) is 135 Å². The summed E-state index contributed by atoms with van der Waals surface area (Å²) >= 11 is 3.66. The first-order valence-electron chi connectivity index (χ1n) is 31.4. The molecule has 6 nitrogen and oxygen atoms in total. The van der Waals surface area contributed by atoms with Crippen LogP contribution in [0.1, 0.15) is 0 Å². The van der Waals surface area contributed by atoms with Crippen LogP contribution in [0.3, 0.4) is 0 Å². The van der Waals surface area contributed by atoms with Crippen LogP contribution in [0.5, 0.6) is 0 Å². The van der Waals surface area contributed by atoms with Crippen LogP contribution >= 0.6 is 23.5 Å². The predicted octanol–water partition coefficient (Wildman–Crippen LogP) is 23.0. The Hall–Kier alpha value is -11.7. The van der Waals surface area contributed by atoms with Gasteiger partial charge in [-0.2, -0.15) is 0 Å². The van der Waals surface area contributed by atoms with Crippen molar-refractivity contribution in [3.63, 3.8) is 0 Å². The molecule has 0 saturated heterocycles. The molecule has 0 aliphatic carbocycles. The zero-order chi connectivity index (χ0) is 62.3. The van der Waals surface area contributed by atoms with Crippen molar-refractivity contribution in [2.45, 2.75) is 19.6 Å². The van der Waals surface area contributed by atoms with Crippen LogP contribution < -0.4 is 0 Å². The van der Waals surface area contributed by atoms with E-state index in [1.807, 2.05) is 72.1 Å². The summed E-state index contributed by atoms with van der Waals surface area (Å²) in [5.74, 6) is 3.91. The van der Waals surface area contributed by atoms with Gasteiger partial charge in [-0.25, -0.2) is 29.9 Å². The van der Waals surface area contributed by atoms with Gasteiger partial charge < -0.3 is 0 Å². The fourth-order valence-corrected chi connectivity index (χ4v) is 15.3. The molecule has 18 rings (SSSR count). The van der Waals surface area contributed by atoms with Crippen molar-refractivity contribution in [1.82, 2.24) is 29.9 Å². The molecule has 0 atom stereocenters. The van der Waals surface area contributed by atoms with E-state index in [2.05, 4.69) is 279 Å². The molecule has 0 radical (unpaired) electrons. The second-order valence-electron chi connectivity index (χ2n) is 23.2. The molecule has 0 N–H and O–H groups in total. The molecular formula is C86H54N6S2. The third-order valence-corrected chi connectivity index (χ3v) is 19.8. The normalized spacial score (nSPS) is 11.7. The van der Waals surface area contributed by atoms with Crippen LogP contribution in [-0.2, 0) is 0 Å². The molecule has 0 fully saturated rings. The highest BCUT2D eigenvalue weighted by Gasteiger charge is 2.25. The lowest BCUT2D eigenvalue weighted by Gasteiger charge is -2.21. The lowest BCUT2D eigenvalue weighted by atomic mass is 9.89. The highest BCUT2D eigenvalue weighted by Crippen LogP contribution is 2.52. The molecule has 14 aromatic carbocycles. The first kappa shape index (κ1) is 56.3. The molecule has 2 aromatic heterocycles. The van der Waals surface area contributed by atoms with Crippen molar-refractivity contribution in [2.24, 2.45) is 0 Å². The van der Waals surface area contributed by atoms with Crippen LogP contribution in [0.25, 0.3) is 157 Å². The van der Waals surface area contributed by atoms with Gasteiger partial charge in [0, 0.05) is 53.0 Å². The second kappa shape index (κ2) is 24.5. The standard InChI is InChI=1S/2C43H27N3S/c1-3-13-28(14-4-1)30-17-11-18-31(27-30)42-44-41(29-15-5-2-6-16-29)45-43(46-42)37-26-25-36-33-20-8-10-24-39(33)47-38-23-9-7-19-32(38)34-21-12-22-35(37)40(34)36;1-3-12-28(13-4-1)29-22-24-31(25-23-29)42-44-41(30-14-5-2-6-15-30)45-43(46-42)37-27-26-36-33-17-8-10-21-39(33)47-38-20-9-7-16-32(38)34-18-11-19-35(37)40(34)36/h2*1-27H. The molecule has 440 valence electrons. The van der Waals surface area contributed by atoms with E-state index in [0.717, 1.165) is 60.8 Å². The third kappa shape index (κ3) is 10.6. The number of fused-ring (bicyclic) bond motifs is 8. The average molecular weight is 1240 g/mol. The summed E-state index contributed by atoms with van der Waals surface area (Å²) in [5.41, 5.74) is 20.1. The summed E-state index contributed by atoms with van der Waals surface area (Å²) in [6.07, 6.45) is 0. The zero-order valence-corrected chi connectivity index (χ0v) is 52.3. The maximum Gasteiger partial charge on any atom is 0.164 e. The van der Waals surface area contributed by atoms with Crippen LogP contribution in [0.2, 0.25) is 0 Å². The van der Waals surface area contributed by atoms with Crippen molar-refractivity contribution < 1.29 is 0 Å². The van der Waals surface area contributed by atoms with Gasteiger partial charge in [-0.15, -0.1) is 0 Å². The maximum absolute atomic E-state index is 5.19. The Bertz CT molecular complexity index is 5450. The molecule has 2 aliphatic rings. The van der Waals surface area contributed by atoms with E-state index >= 15 is 0 Å². The lowest BCUT2D eigenvalue weighted by Crippen LogP contribution is -2.01. The fraction of sp³-hybridized carbons (Fsp3) is 0. The highest BCUT2D eigenvalue weighted by atomic mass is 32.2. The monoisotopic (exact) mass is 1230 g/mol. The Morgan fingerprint density at radius 3 is 0.830 bits per heavy atom. The smallest absolute Gasteiger partial charge is 0.164 e.